The third kappa shape index (κ3) is 3.09. The molecule has 2 aliphatic heterocycles. The summed E-state index contributed by atoms with van der Waals surface area (Å²) in [6.07, 6.45) is 3.04. The first kappa shape index (κ1) is 16.0. The van der Waals surface area contributed by atoms with E-state index in [1.165, 1.54) is 0 Å². The van der Waals surface area contributed by atoms with Crippen molar-refractivity contribution in [1.29, 1.82) is 0 Å². The van der Waals surface area contributed by atoms with Gasteiger partial charge >= 0.3 is 0 Å². The molecule has 1 aromatic rings. The molecule has 3 heterocycles. The van der Waals surface area contributed by atoms with Crippen LogP contribution in [0.25, 0.3) is 0 Å². The maximum absolute atomic E-state index is 12.8. The van der Waals surface area contributed by atoms with Crippen LogP contribution in [0.15, 0.2) is 0 Å². The third-order valence-corrected chi connectivity index (χ3v) is 4.81. The summed E-state index contributed by atoms with van der Waals surface area (Å²) in [6, 6.07) is -0.0115. The van der Waals surface area contributed by atoms with E-state index in [9.17, 15) is 9.59 Å². The highest BCUT2D eigenvalue weighted by Gasteiger charge is 2.40. The van der Waals surface area contributed by atoms with Gasteiger partial charge in [0.1, 0.15) is 5.82 Å². The zero-order chi connectivity index (χ0) is 16.6. The van der Waals surface area contributed by atoms with E-state index in [0.717, 1.165) is 37.5 Å². The second-order valence-corrected chi connectivity index (χ2v) is 6.90. The molecule has 0 aromatic carbocycles. The number of carbonyl (C=O) groups is 2. The van der Waals surface area contributed by atoms with Gasteiger partial charge in [-0.25, -0.2) is 4.98 Å². The van der Waals surface area contributed by atoms with E-state index in [4.69, 9.17) is 0 Å². The number of hydrogen-bond acceptors (Lipinski definition) is 4. The Morgan fingerprint density at radius 3 is 2.61 bits per heavy atom. The van der Waals surface area contributed by atoms with Crippen LogP contribution in [0, 0.1) is 5.92 Å². The summed E-state index contributed by atoms with van der Waals surface area (Å²) >= 11 is 0. The summed E-state index contributed by atoms with van der Waals surface area (Å²) < 4.78 is 0. The normalized spacial score (nSPS) is 22.3. The Morgan fingerprint density at radius 2 is 2.00 bits per heavy atom. The molecule has 2 saturated heterocycles. The molecular formula is C16H25N5O2. The minimum Gasteiger partial charge on any atom is -0.341 e. The van der Waals surface area contributed by atoms with Gasteiger partial charge in [-0.1, -0.05) is 13.8 Å². The van der Waals surface area contributed by atoms with Gasteiger partial charge in [0.25, 0.3) is 0 Å². The van der Waals surface area contributed by atoms with Crippen LogP contribution in [0.4, 0.5) is 0 Å². The highest BCUT2D eigenvalue weighted by atomic mass is 16.2. The maximum atomic E-state index is 12.8. The summed E-state index contributed by atoms with van der Waals surface area (Å²) in [6.45, 7) is 7.52. The number of aromatic amines is 1. The number of nitrogens with zero attached hydrogens (tertiary/aromatic N) is 4. The van der Waals surface area contributed by atoms with Gasteiger partial charge in [-0.3, -0.25) is 14.7 Å². The van der Waals surface area contributed by atoms with Crippen molar-refractivity contribution >= 4 is 11.8 Å². The first-order valence-corrected chi connectivity index (χ1v) is 8.45. The highest BCUT2D eigenvalue weighted by Crippen LogP contribution is 2.32. The Hall–Kier alpha value is -1.92. The number of likely N-dealkylation sites (tertiary alicyclic amines) is 2. The molecule has 7 nitrogen and oxygen atoms in total. The van der Waals surface area contributed by atoms with Gasteiger partial charge < -0.3 is 9.80 Å². The number of rotatable bonds is 3. The summed E-state index contributed by atoms with van der Waals surface area (Å²) in [5.74, 6) is 1.99. The molecule has 1 atom stereocenters. The molecule has 7 heteroatoms. The molecular weight excluding hydrogens is 294 g/mol. The average molecular weight is 319 g/mol. The van der Waals surface area contributed by atoms with E-state index < -0.39 is 0 Å². The first-order valence-electron chi connectivity index (χ1n) is 8.45. The maximum Gasteiger partial charge on any atom is 0.229 e. The summed E-state index contributed by atoms with van der Waals surface area (Å²) in [5.41, 5.74) is 0. The largest absolute Gasteiger partial charge is 0.341 e. The lowest BCUT2D eigenvalue weighted by molar-refractivity contribution is -0.150. The highest BCUT2D eigenvalue weighted by molar-refractivity contribution is 5.84. The lowest BCUT2D eigenvalue weighted by atomic mass is 9.94. The molecule has 2 fully saturated rings. The zero-order valence-electron chi connectivity index (χ0n) is 14.1. The number of carbonyl (C=O) groups excluding carboxylic acids is 2. The van der Waals surface area contributed by atoms with Crippen LogP contribution in [0.1, 0.15) is 63.6 Å². The SMILES string of the molecule is CC(=O)N1CC(C(=O)N2CCCC[C@H]2c2nc(C(C)C)n[nH]2)C1. The van der Waals surface area contributed by atoms with Gasteiger partial charge in [-0.2, -0.15) is 5.10 Å². The van der Waals surface area contributed by atoms with Gasteiger partial charge in [0.05, 0.1) is 12.0 Å². The number of aromatic nitrogens is 3. The fourth-order valence-corrected chi connectivity index (χ4v) is 3.30. The van der Waals surface area contributed by atoms with E-state index in [1.807, 2.05) is 4.90 Å². The molecule has 0 unspecified atom stereocenters. The van der Waals surface area contributed by atoms with Crippen molar-refractivity contribution in [3.05, 3.63) is 11.6 Å². The van der Waals surface area contributed by atoms with Gasteiger partial charge in [-0.15, -0.1) is 0 Å². The molecule has 1 N–H and O–H groups in total. The predicted octanol–water partition coefficient (Wildman–Crippen LogP) is 1.46. The van der Waals surface area contributed by atoms with E-state index in [0.29, 0.717) is 13.1 Å². The topological polar surface area (TPSA) is 82.2 Å². The van der Waals surface area contributed by atoms with Crippen LogP contribution >= 0.6 is 0 Å². The second kappa shape index (κ2) is 6.29. The molecule has 2 aliphatic rings. The molecule has 0 aliphatic carbocycles. The quantitative estimate of drug-likeness (QED) is 0.914. The Labute approximate surface area is 136 Å². The van der Waals surface area contributed by atoms with Crippen LogP contribution in [0.5, 0.6) is 0 Å². The van der Waals surface area contributed by atoms with Crippen molar-refractivity contribution in [2.24, 2.45) is 5.92 Å². The second-order valence-electron chi connectivity index (χ2n) is 6.90. The minimum absolute atomic E-state index is 0.0115. The number of nitrogens with one attached hydrogen (secondary N) is 1. The first-order chi connectivity index (χ1) is 11.0. The summed E-state index contributed by atoms with van der Waals surface area (Å²) in [5, 5.41) is 7.30. The van der Waals surface area contributed by atoms with Crippen molar-refractivity contribution in [3.63, 3.8) is 0 Å². The zero-order valence-corrected chi connectivity index (χ0v) is 14.1. The van der Waals surface area contributed by atoms with Crippen LogP contribution in [0.2, 0.25) is 0 Å². The lowest BCUT2D eigenvalue weighted by Gasteiger charge is -2.43. The van der Waals surface area contributed by atoms with Crippen molar-refractivity contribution in [2.45, 2.75) is 52.0 Å². The molecule has 0 spiro atoms. The van der Waals surface area contributed by atoms with Gasteiger partial charge in [0.2, 0.25) is 11.8 Å². The monoisotopic (exact) mass is 319 g/mol. The Balaban J connectivity index is 1.71. The smallest absolute Gasteiger partial charge is 0.229 e. The van der Waals surface area contributed by atoms with Gasteiger partial charge in [-0.05, 0) is 19.3 Å². The van der Waals surface area contributed by atoms with Crippen LogP contribution in [0.3, 0.4) is 0 Å². The van der Waals surface area contributed by atoms with Crippen LogP contribution < -0.4 is 0 Å². The van der Waals surface area contributed by atoms with Crippen molar-refractivity contribution in [3.8, 4) is 0 Å². The summed E-state index contributed by atoms with van der Waals surface area (Å²) in [4.78, 5) is 32.3. The number of amides is 2. The fourth-order valence-electron chi connectivity index (χ4n) is 3.30. The lowest BCUT2D eigenvalue weighted by Crippen LogP contribution is -2.56. The van der Waals surface area contributed by atoms with Crippen molar-refractivity contribution in [2.75, 3.05) is 19.6 Å². The average Bonchev–Trinajstić information content (AvgIpc) is 2.95. The molecule has 1 aromatic heterocycles. The number of H-pyrrole nitrogens is 1. The third-order valence-electron chi connectivity index (χ3n) is 4.81. The van der Waals surface area contributed by atoms with Gasteiger partial charge in [0, 0.05) is 32.5 Å². The summed E-state index contributed by atoms with van der Waals surface area (Å²) in [7, 11) is 0. The minimum atomic E-state index is -0.0630. The number of piperidine rings is 1. The predicted molar refractivity (Wildman–Crippen MR) is 84.5 cm³/mol. The Bertz CT molecular complexity index is 591. The molecule has 0 radical (unpaired) electrons. The number of hydrogen-bond donors (Lipinski definition) is 1. The standard InChI is InChI=1S/C16H25N5O2/c1-10(2)14-17-15(19-18-14)13-6-4-5-7-21(13)16(23)12-8-20(9-12)11(3)22/h10,12-13H,4-9H2,1-3H3,(H,17,18,19)/t13-/m0/s1. The van der Waals surface area contributed by atoms with Gasteiger partial charge in [0.15, 0.2) is 5.82 Å². The van der Waals surface area contributed by atoms with E-state index in [1.54, 1.807) is 11.8 Å². The molecule has 0 saturated carbocycles. The Kier molecular flexibility index (Phi) is 4.37. The molecule has 126 valence electrons. The molecule has 2 amide bonds. The van der Waals surface area contributed by atoms with Crippen molar-refractivity contribution < 1.29 is 9.59 Å². The van der Waals surface area contributed by atoms with Crippen LogP contribution in [-0.4, -0.2) is 56.4 Å². The molecule has 23 heavy (non-hydrogen) atoms. The van der Waals surface area contributed by atoms with E-state index in [-0.39, 0.29) is 29.7 Å². The van der Waals surface area contributed by atoms with E-state index >= 15 is 0 Å². The Morgan fingerprint density at radius 1 is 1.26 bits per heavy atom. The van der Waals surface area contributed by atoms with Crippen molar-refractivity contribution in [1.82, 2.24) is 25.0 Å². The molecule has 0 bridgehead atoms. The van der Waals surface area contributed by atoms with E-state index in [2.05, 4.69) is 29.0 Å². The fraction of sp³-hybridized carbons (Fsp3) is 0.750. The molecule has 3 rings (SSSR count). The van der Waals surface area contributed by atoms with Crippen LogP contribution in [-0.2, 0) is 9.59 Å².